The number of aromatic nitrogens is 1. The number of hydrogen-bond acceptors (Lipinski definition) is 5. The Hall–Kier alpha value is -2.44. The van der Waals surface area contributed by atoms with E-state index in [9.17, 15) is 4.79 Å². The van der Waals surface area contributed by atoms with Crippen LogP contribution in [-0.2, 0) is 4.84 Å². The van der Waals surface area contributed by atoms with Gasteiger partial charge in [0.05, 0.1) is 0 Å². The summed E-state index contributed by atoms with van der Waals surface area (Å²) in [5, 5.41) is 0.681. The summed E-state index contributed by atoms with van der Waals surface area (Å²) in [5.74, 6) is 0.718. The van der Waals surface area contributed by atoms with Crippen molar-refractivity contribution in [2.24, 2.45) is 4.99 Å². The number of likely N-dealkylation sites (tertiary alicyclic amines) is 1. The Bertz CT molecular complexity index is 800. The van der Waals surface area contributed by atoms with Gasteiger partial charge in [0.2, 0.25) is 0 Å². The van der Waals surface area contributed by atoms with Crippen molar-refractivity contribution in [3.8, 4) is 0 Å². The summed E-state index contributed by atoms with van der Waals surface area (Å²) in [6, 6.07) is 10.9. The Morgan fingerprint density at radius 1 is 1.12 bits per heavy atom. The van der Waals surface area contributed by atoms with Gasteiger partial charge in [0.25, 0.3) is 5.91 Å². The molecule has 1 aromatic heterocycles. The molecule has 1 saturated heterocycles. The summed E-state index contributed by atoms with van der Waals surface area (Å²) in [5.41, 5.74) is 3.90. The molecule has 1 spiro atoms. The molecule has 0 bridgehead atoms. The van der Waals surface area contributed by atoms with E-state index in [1.807, 2.05) is 29.2 Å². The van der Waals surface area contributed by atoms with E-state index in [-0.39, 0.29) is 5.91 Å². The number of benzene rings is 1. The third-order valence-electron chi connectivity index (χ3n) is 4.53. The molecule has 0 unspecified atom stereocenters. The zero-order chi connectivity index (χ0) is 17.3. The van der Waals surface area contributed by atoms with E-state index < -0.39 is 5.72 Å². The number of carbonyl (C=O) groups excluding carboxylic acids is 1. The topological polar surface area (TPSA) is 66.8 Å². The lowest BCUT2D eigenvalue weighted by Gasteiger charge is -2.35. The number of amidine groups is 1. The molecule has 1 aromatic carbocycles. The summed E-state index contributed by atoms with van der Waals surface area (Å²) < 4.78 is 0. The molecule has 0 saturated carbocycles. The molecule has 1 fully saturated rings. The van der Waals surface area contributed by atoms with E-state index in [1.165, 1.54) is 0 Å². The monoisotopic (exact) mass is 356 g/mol. The quantitative estimate of drug-likeness (QED) is 0.898. The predicted octanol–water partition coefficient (Wildman–Crippen LogP) is 2.65. The maximum atomic E-state index is 12.5. The van der Waals surface area contributed by atoms with Gasteiger partial charge in [-0.05, 0) is 36.4 Å². The summed E-state index contributed by atoms with van der Waals surface area (Å²) in [4.78, 5) is 28.8. The average molecular weight is 357 g/mol. The number of hydrogen-bond donors (Lipinski definition) is 1. The maximum Gasteiger partial charge on any atom is 0.253 e. The fourth-order valence-corrected chi connectivity index (χ4v) is 3.20. The molecule has 0 radical (unpaired) electrons. The molecule has 2 aliphatic heterocycles. The summed E-state index contributed by atoms with van der Waals surface area (Å²) in [6.45, 7) is 1.19. The van der Waals surface area contributed by atoms with Gasteiger partial charge in [-0.25, -0.2) is 15.3 Å². The smallest absolute Gasteiger partial charge is 0.253 e. The third kappa shape index (κ3) is 3.23. The van der Waals surface area contributed by atoms with Crippen molar-refractivity contribution in [3.05, 3.63) is 64.9 Å². The first kappa shape index (κ1) is 16.1. The van der Waals surface area contributed by atoms with E-state index in [2.05, 4.69) is 10.5 Å². The number of nitrogens with zero attached hydrogens (tertiary/aromatic N) is 3. The van der Waals surface area contributed by atoms with Gasteiger partial charge < -0.3 is 4.90 Å². The van der Waals surface area contributed by atoms with Gasteiger partial charge in [-0.2, -0.15) is 0 Å². The van der Waals surface area contributed by atoms with Crippen LogP contribution in [0.3, 0.4) is 0 Å². The highest BCUT2D eigenvalue weighted by Gasteiger charge is 2.41. The molecule has 7 heteroatoms. The first-order valence-electron chi connectivity index (χ1n) is 8.14. The van der Waals surface area contributed by atoms with Gasteiger partial charge in [-0.1, -0.05) is 11.6 Å². The van der Waals surface area contributed by atoms with Gasteiger partial charge in [0.15, 0.2) is 11.6 Å². The van der Waals surface area contributed by atoms with Crippen LogP contribution in [0.5, 0.6) is 0 Å². The minimum Gasteiger partial charge on any atom is -0.338 e. The highest BCUT2D eigenvalue weighted by molar-refractivity contribution is 6.30. The van der Waals surface area contributed by atoms with Gasteiger partial charge in [-0.15, -0.1) is 0 Å². The van der Waals surface area contributed by atoms with Crippen molar-refractivity contribution in [1.29, 1.82) is 0 Å². The number of halogens is 1. The van der Waals surface area contributed by atoms with Crippen molar-refractivity contribution in [3.63, 3.8) is 0 Å². The first-order chi connectivity index (χ1) is 12.2. The number of piperidine rings is 1. The van der Waals surface area contributed by atoms with Crippen LogP contribution in [0.1, 0.15) is 28.8 Å². The van der Waals surface area contributed by atoms with E-state index >= 15 is 0 Å². The fraction of sp³-hybridized carbons (Fsp3) is 0.278. The maximum absolute atomic E-state index is 12.5. The Labute approximate surface area is 150 Å². The van der Waals surface area contributed by atoms with E-state index in [1.54, 1.807) is 24.5 Å². The molecule has 0 atom stereocenters. The van der Waals surface area contributed by atoms with Crippen molar-refractivity contribution in [1.82, 2.24) is 15.4 Å². The summed E-state index contributed by atoms with van der Waals surface area (Å²) in [6.07, 6.45) is 4.55. The number of hydroxylamine groups is 1. The fourth-order valence-electron chi connectivity index (χ4n) is 3.07. The zero-order valence-electron chi connectivity index (χ0n) is 13.5. The lowest BCUT2D eigenvalue weighted by atomic mass is 10.0. The van der Waals surface area contributed by atoms with Gasteiger partial charge in [-0.3, -0.25) is 9.78 Å². The number of aliphatic imine (C=N–C) groups is 1. The molecule has 6 nitrogen and oxygen atoms in total. The Balaban J connectivity index is 1.45. The molecule has 25 heavy (non-hydrogen) atoms. The van der Waals surface area contributed by atoms with Crippen molar-refractivity contribution in [2.75, 3.05) is 13.1 Å². The molecule has 4 rings (SSSR count). The Kier molecular flexibility index (Phi) is 4.15. The Morgan fingerprint density at radius 2 is 1.80 bits per heavy atom. The molecule has 128 valence electrons. The molecule has 0 aliphatic carbocycles. The van der Waals surface area contributed by atoms with Crippen LogP contribution < -0.4 is 5.48 Å². The van der Waals surface area contributed by atoms with Gasteiger partial charge >= 0.3 is 0 Å². The standard InChI is InChI=1S/C18H17ClN4O2/c19-15-3-1-13(2-4-15)16-21-18(25-22-16)7-11-23(12-8-18)17(24)14-5-9-20-10-6-14/h1-6,9-10H,7-8,11-12H2,(H,21,22). The minimum absolute atomic E-state index is 0.0186. The second kappa shape index (κ2) is 6.46. The molecular weight excluding hydrogens is 340 g/mol. The SMILES string of the molecule is O=C(c1ccncc1)N1CCC2(CC1)N=C(c1ccc(Cl)cc1)NO2. The Morgan fingerprint density at radius 3 is 2.48 bits per heavy atom. The van der Waals surface area contributed by atoms with Crippen LogP contribution in [0.25, 0.3) is 0 Å². The lowest BCUT2D eigenvalue weighted by Crippen LogP contribution is -2.46. The van der Waals surface area contributed by atoms with Crippen LogP contribution in [0, 0.1) is 0 Å². The number of rotatable bonds is 2. The van der Waals surface area contributed by atoms with Crippen molar-refractivity contribution >= 4 is 23.3 Å². The molecule has 2 aliphatic rings. The molecule has 2 aromatic rings. The number of nitrogens with one attached hydrogen (secondary N) is 1. The van der Waals surface area contributed by atoms with Crippen molar-refractivity contribution < 1.29 is 9.63 Å². The number of pyridine rings is 1. The van der Waals surface area contributed by atoms with Crippen molar-refractivity contribution in [2.45, 2.75) is 18.6 Å². The predicted molar refractivity (Wildman–Crippen MR) is 94.3 cm³/mol. The second-order valence-corrected chi connectivity index (χ2v) is 6.58. The van der Waals surface area contributed by atoms with Crippen LogP contribution in [0.4, 0.5) is 0 Å². The molecule has 1 amide bonds. The highest BCUT2D eigenvalue weighted by Crippen LogP contribution is 2.31. The van der Waals surface area contributed by atoms with Gasteiger partial charge in [0.1, 0.15) is 0 Å². The average Bonchev–Trinajstić information content (AvgIpc) is 3.07. The number of carbonyl (C=O) groups is 1. The van der Waals surface area contributed by atoms with E-state index in [0.29, 0.717) is 42.4 Å². The van der Waals surface area contributed by atoms with E-state index in [4.69, 9.17) is 21.4 Å². The van der Waals surface area contributed by atoms with Crippen LogP contribution >= 0.6 is 11.6 Å². The first-order valence-corrected chi connectivity index (χ1v) is 8.52. The second-order valence-electron chi connectivity index (χ2n) is 6.15. The number of amides is 1. The lowest BCUT2D eigenvalue weighted by molar-refractivity contribution is -0.0849. The summed E-state index contributed by atoms with van der Waals surface area (Å²) in [7, 11) is 0. The molecule has 1 N–H and O–H groups in total. The van der Waals surface area contributed by atoms with Crippen LogP contribution in [-0.4, -0.2) is 40.4 Å². The third-order valence-corrected chi connectivity index (χ3v) is 4.78. The van der Waals surface area contributed by atoms with Crippen LogP contribution in [0.15, 0.2) is 53.8 Å². The van der Waals surface area contributed by atoms with Crippen LogP contribution in [0.2, 0.25) is 5.02 Å². The highest BCUT2D eigenvalue weighted by atomic mass is 35.5. The normalized spacial score (nSPS) is 18.8. The van der Waals surface area contributed by atoms with E-state index in [0.717, 1.165) is 5.56 Å². The molecule has 3 heterocycles. The molecular formula is C18H17ClN4O2. The summed E-state index contributed by atoms with van der Waals surface area (Å²) >= 11 is 5.92. The largest absolute Gasteiger partial charge is 0.338 e. The van der Waals surface area contributed by atoms with Gasteiger partial charge in [0, 0.05) is 54.5 Å². The minimum atomic E-state index is -0.607. The zero-order valence-corrected chi connectivity index (χ0v) is 14.2.